The van der Waals surface area contributed by atoms with Gasteiger partial charge in [0.1, 0.15) is 5.25 Å². The average molecular weight is 173 g/mol. The number of carboxylic acid groups (broad SMARTS) is 1. The lowest BCUT2D eigenvalue weighted by Gasteiger charge is -2.32. The smallest absolute Gasteiger partial charge is 0.318 e. The predicted molar refractivity (Wildman–Crippen MR) is 39.1 cm³/mol. The fraction of sp³-hybridized carbons (Fsp3) is 0.667. The summed E-state index contributed by atoms with van der Waals surface area (Å²) in [6.45, 7) is 0.392. The highest BCUT2D eigenvalue weighted by Crippen LogP contribution is 2.39. The van der Waals surface area contributed by atoms with E-state index < -0.39 is 11.2 Å². The Hall–Kier alpha value is -0.710. The summed E-state index contributed by atoms with van der Waals surface area (Å²) in [4.78, 5) is 22.9. The van der Waals surface area contributed by atoms with E-state index in [2.05, 4.69) is 0 Å². The molecule has 2 aliphatic heterocycles. The molecule has 2 atom stereocenters. The maximum atomic E-state index is 10.8. The standard InChI is InChI=1S/C6H7NO3S/c8-4-1-5-7(4)2-3(11-5)6(9)10/h3,5H,1-2H2,(H,9,10)/t3?,5-/m1/s1. The third-order valence-corrected chi connectivity index (χ3v) is 3.39. The zero-order valence-electron chi connectivity index (χ0n) is 5.69. The number of fused-ring (bicyclic) bond motifs is 1. The maximum Gasteiger partial charge on any atom is 0.318 e. The van der Waals surface area contributed by atoms with E-state index in [4.69, 9.17) is 5.11 Å². The summed E-state index contributed by atoms with van der Waals surface area (Å²) in [5.41, 5.74) is 0. The third-order valence-electron chi connectivity index (χ3n) is 1.98. The van der Waals surface area contributed by atoms with Gasteiger partial charge < -0.3 is 10.0 Å². The van der Waals surface area contributed by atoms with Gasteiger partial charge in [0.2, 0.25) is 5.91 Å². The predicted octanol–water partition coefficient (Wildman–Crippen LogP) is -0.255. The largest absolute Gasteiger partial charge is 0.480 e. The van der Waals surface area contributed by atoms with Crippen molar-refractivity contribution in [2.45, 2.75) is 17.0 Å². The fourth-order valence-electron chi connectivity index (χ4n) is 1.31. The highest BCUT2D eigenvalue weighted by Gasteiger charge is 2.46. The second kappa shape index (κ2) is 2.14. The number of amides is 1. The van der Waals surface area contributed by atoms with E-state index in [-0.39, 0.29) is 11.3 Å². The van der Waals surface area contributed by atoms with Gasteiger partial charge in [-0.15, -0.1) is 11.8 Å². The lowest BCUT2D eigenvalue weighted by molar-refractivity contribution is -0.141. The lowest BCUT2D eigenvalue weighted by atomic mass is 10.2. The molecular weight excluding hydrogens is 166 g/mol. The molecule has 4 nitrogen and oxygen atoms in total. The van der Waals surface area contributed by atoms with E-state index in [1.807, 2.05) is 0 Å². The van der Waals surface area contributed by atoms with Crippen molar-refractivity contribution in [3.8, 4) is 0 Å². The maximum absolute atomic E-state index is 10.8. The van der Waals surface area contributed by atoms with Crippen molar-refractivity contribution in [1.82, 2.24) is 4.90 Å². The summed E-state index contributed by atoms with van der Waals surface area (Å²) < 4.78 is 0. The van der Waals surface area contributed by atoms with Gasteiger partial charge in [0.05, 0.1) is 11.8 Å². The van der Waals surface area contributed by atoms with Crippen LogP contribution >= 0.6 is 11.8 Å². The molecule has 2 aliphatic rings. The van der Waals surface area contributed by atoms with Crippen LogP contribution in [0.25, 0.3) is 0 Å². The van der Waals surface area contributed by atoms with Crippen LogP contribution in [0.1, 0.15) is 6.42 Å². The van der Waals surface area contributed by atoms with Gasteiger partial charge in [-0.3, -0.25) is 9.59 Å². The molecule has 0 saturated carbocycles. The molecule has 1 amide bonds. The highest BCUT2D eigenvalue weighted by atomic mass is 32.2. The van der Waals surface area contributed by atoms with Gasteiger partial charge in [-0.1, -0.05) is 0 Å². The van der Waals surface area contributed by atoms with E-state index in [1.165, 1.54) is 11.8 Å². The number of hydrogen-bond donors (Lipinski definition) is 1. The lowest BCUT2D eigenvalue weighted by Crippen LogP contribution is -2.47. The summed E-state index contributed by atoms with van der Waals surface area (Å²) in [7, 11) is 0. The van der Waals surface area contributed by atoms with Crippen molar-refractivity contribution in [3.05, 3.63) is 0 Å². The Morgan fingerprint density at radius 2 is 2.45 bits per heavy atom. The Morgan fingerprint density at radius 3 is 2.91 bits per heavy atom. The Kier molecular flexibility index (Phi) is 1.35. The molecule has 0 spiro atoms. The third kappa shape index (κ3) is 0.910. The number of nitrogens with zero attached hydrogens (tertiary/aromatic N) is 1. The number of aliphatic carboxylic acids is 1. The number of rotatable bonds is 1. The van der Waals surface area contributed by atoms with Crippen LogP contribution in [0.4, 0.5) is 0 Å². The topological polar surface area (TPSA) is 57.6 Å². The second-order valence-corrected chi connectivity index (χ2v) is 4.05. The quantitative estimate of drug-likeness (QED) is 0.555. The Labute approximate surface area is 67.6 Å². The summed E-state index contributed by atoms with van der Waals surface area (Å²) in [5.74, 6) is -0.719. The molecule has 5 heteroatoms. The first-order valence-corrected chi connectivity index (χ1v) is 4.30. The Balaban J connectivity index is 2.04. The normalized spacial score (nSPS) is 34.9. The summed E-state index contributed by atoms with van der Waals surface area (Å²) in [5, 5.41) is 8.36. The van der Waals surface area contributed by atoms with E-state index in [1.54, 1.807) is 4.90 Å². The molecule has 0 aromatic rings. The van der Waals surface area contributed by atoms with Gasteiger partial charge in [0.15, 0.2) is 0 Å². The van der Waals surface area contributed by atoms with Crippen molar-refractivity contribution >= 4 is 23.6 Å². The molecule has 0 bridgehead atoms. The summed E-state index contributed by atoms with van der Waals surface area (Å²) in [6.07, 6.45) is 0.522. The first-order valence-electron chi connectivity index (χ1n) is 3.36. The van der Waals surface area contributed by atoms with Crippen molar-refractivity contribution < 1.29 is 14.7 Å². The minimum Gasteiger partial charge on any atom is -0.480 e. The molecule has 0 aromatic heterocycles. The zero-order chi connectivity index (χ0) is 8.01. The highest BCUT2D eigenvalue weighted by molar-refractivity contribution is 8.01. The van der Waals surface area contributed by atoms with Crippen LogP contribution in [-0.4, -0.2) is 39.1 Å². The van der Waals surface area contributed by atoms with Crippen LogP contribution in [0.5, 0.6) is 0 Å². The molecule has 2 fully saturated rings. The van der Waals surface area contributed by atoms with Crippen molar-refractivity contribution in [3.63, 3.8) is 0 Å². The van der Waals surface area contributed by atoms with Gasteiger partial charge in [0, 0.05) is 6.54 Å². The molecule has 11 heavy (non-hydrogen) atoms. The zero-order valence-corrected chi connectivity index (χ0v) is 6.50. The molecule has 60 valence electrons. The van der Waals surface area contributed by atoms with Crippen LogP contribution in [0.2, 0.25) is 0 Å². The van der Waals surface area contributed by atoms with Gasteiger partial charge in [0.25, 0.3) is 0 Å². The summed E-state index contributed by atoms with van der Waals surface area (Å²) >= 11 is 1.38. The molecule has 2 rings (SSSR count). The minimum atomic E-state index is -0.808. The number of hydrogen-bond acceptors (Lipinski definition) is 3. The molecule has 0 aromatic carbocycles. The monoisotopic (exact) mass is 173 g/mol. The van der Waals surface area contributed by atoms with Gasteiger partial charge >= 0.3 is 5.97 Å². The molecule has 2 saturated heterocycles. The average Bonchev–Trinajstić information content (AvgIpc) is 2.26. The fourth-order valence-corrected chi connectivity index (χ4v) is 2.65. The van der Waals surface area contributed by atoms with Crippen LogP contribution in [-0.2, 0) is 9.59 Å². The first kappa shape index (κ1) is 6.97. The molecular formula is C6H7NO3S. The van der Waals surface area contributed by atoms with E-state index in [9.17, 15) is 9.59 Å². The van der Waals surface area contributed by atoms with E-state index >= 15 is 0 Å². The molecule has 0 aliphatic carbocycles. The number of β-lactam (4-membered cyclic amide) rings is 1. The van der Waals surface area contributed by atoms with E-state index in [0.29, 0.717) is 13.0 Å². The second-order valence-electron chi connectivity index (χ2n) is 2.67. The Morgan fingerprint density at radius 1 is 1.73 bits per heavy atom. The van der Waals surface area contributed by atoms with Crippen LogP contribution in [0.3, 0.4) is 0 Å². The molecule has 2 heterocycles. The van der Waals surface area contributed by atoms with Gasteiger partial charge in [-0.2, -0.15) is 0 Å². The van der Waals surface area contributed by atoms with Gasteiger partial charge in [-0.25, -0.2) is 0 Å². The molecule has 0 radical (unpaired) electrons. The van der Waals surface area contributed by atoms with Crippen molar-refractivity contribution in [2.24, 2.45) is 0 Å². The SMILES string of the molecule is O=C(O)C1CN2C(=O)C[C@H]2S1. The minimum absolute atomic E-state index is 0.0891. The van der Waals surface area contributed by atoms with Crippen LogP contribution < -0.4 is 0 Å². The van der Waals surface area contributed by atoms with Crippen molar-refractivity contribution in [1.29, 1.82) is 0 Å². The number of thioether (sulfide) groups is 1. The van der Waals surface area contributed by atoms with Crippen LogP contribution in [0.15, 0.2) is 0 Å². The van der Waals surface area contributed by atoms with E-state index in [0.717, 1.165) is 0 Å². The molecule has 1 N–H and O–H groups in total. The number of carbonyl (C=O) groups is 2. The van der Waals surface area contributed by atoms with Crippen molar-refractivity contribution in [2.75, 3.05) is 6.54 Å². The first-order chi connectivity index (χ1) is 5.18. The number of carbonyl (C=O) groups excluding carboxylic acids is 1. The van der Waals surface area contributed by atoms with Crippen LogP contribution in [0, 0.1) is 0 Å². The molecule has 1 unspecified atom stereocenters. The number of carboxylic acids is 1. The Bertz CT molecular complexity index is 230. The summed E-state index contributed by atoms with van der Waals surface area (Å²) in [6, 6.07) is 0. The van der Waals surface area contributed by atoms with Gasteiger partial charge in [-0.05, 0) is 0 Å².